The molecule has 0 saturated heterocycles. The summed E-state index contributed by atoms with van der Waals surface area (Å²) in [7, 11) is 0. The normalized spacial score (nSPS) is 10.4. The molecule has 2 aromatic rings. The topological polar surface area (TPSA) is 54.9 Å². The number of nitrogens with one attached hydrogen (secondary N) is 1. The first-order chi connectivity index (χ1) is 7.58. The first-order valence-electron chi connectivity index (χ1n) is 4.67. The fraction of sp³-hybridized carbons (Fsp3) is 0.0909. The Morgan fingerprint density at radius 3 is 2.69 bits per heavy atom. The fourth-order valence-electron chi connectivity index (χ4n) is 1.38. The molecule has 0 aliphatic rings. The van der Waals surface area contributed by atoms with Crippen molar-refractivity contribution in [1.82, 2.24) is 9.78 Å². The van der Waals surface area contributed by atoms with E-state index in [1.807, 2.05) is 0 Å². The van der Waals surface area contributed by atoms with Crippen LogP contribution in [-0.4, -0.2) is 15.6 Å². The molecule has 1 N–H and O–H groups in total. The molecular weight excluding hydrogens is 228 g/mol. The number of H-pyrrole nitrogens is 1. The first-order valence-corrected chi connectivity index (χ1v) is 5.04. The minimum atomic E-state index is -0.285. The van der Waals surface area contributed by atoms with E-state index in [-0.39, 0.29) is 17.0 Å². The van der Waals surface area contributed by atoms with E-state index in [2.05, 4.69) is 5.10 Å². The van der Waals surface area contributed by atoms with Crippen LogP contribution in [0, 0.1) is 0 Å². The second-order valence-corrected chi connectivity index (χ2v) is 3.82. The smallest absolute Gasteiger partial charge is 0.271 e. The summed E-state index contributed by atoms with van der Waals surface area (Å²) in [6.45, 7) is 1.40. The van der Waals surface area contributed by atoms with Gasteiger partial charge in [0.25, 0.3) is 5.56 Å². The maximum Gasteiger partial charge on any atom is 0.271 e. The number of hydrogen-bond acceptors (Lipinski definition) is 2. The molecule has 1 aromatic heterocycles. The molecule has 5 heteroatoms. The van der Waals surface area contributed by atoms with Gasteiger partial charge in [-0.1, -0.05) is 17.7 Å². The Kier molecular flexibility index (Phi) is 2.66. The monoisotopic (exact) mass is 236 g/mol. The Morgan fingerprint density at radius 1 is 1.38 bits per heavy atom. The molecule has 0 aliphatic carbocycles. The molecule has 82 valence electrons. The van der Waals surface area contributed by atoms with Gasteiger partial charge in [-0.05, 0) is 18.2 Å². The number of rotatable bonds is 2. The van der Waals surface area contributed by atoms with Gasteiger partial charge in [-0.25, -0.2) is 4.68 Å². The van der Waals surface area contributed by atoms with Gasteiger partial charge >= 0.3 is 0 Å². The Morgan fingerprint density at radius 2 is 2.12 bits per heavy atom. The molecule has 0 unspecified atom stereocenters. The van der Waals surface area contributed by atoms with Crippen molar-refractivity contribution in [3.8, 4) is 5.69 Å². The van der Waals surface area contributed by atoms with E-state index in [4.69, 9.17) is 11.6 Å². The van der Waals surface area contributed by atoms with Gasteiger partial charge in [-0.2, -0.15) is 0 Å². The van der Waals surface area contributed by atoms with Crippen molar-refractivity contribution in [3.05, 3.63) is 51.4 Å². The summed E-state index contributed by atoms with van der Waals surface area (Å²) in [6.07, 6.45) is 0. The average molecular weight is 237 g/mol. The zero-order valence-electron chi connectivity index (χ0n) is 8.53. The highest BCUT2D eigenvalue weighted by Crippen LogP contribution is 2.12. The zero-order chi connectivity index (χ0) is 11.7. The van der Waals surface area contributed by atoms with E-state index in [1.165, 1.54) is 17.7 Å². The Balaban J connectivity index is 2.56. The quantitative estimate of drug-likeness (QED) is 0.811. The number of nitrogens with zero attached hydrogens (tertiary/aromatic N) is 1. The summed E-state index contributed by atoms with van der Waals surface area (Å²) in [6, 6.07) is 8.09. The number of carbonyl (C=O) groups excluding carboxylic acids is 1. The Labute approximate surface area is 96.5 Å². The third kappa shape index (κ3) is 1.92. The van der Waals surface area contributed by atoms with Crippen LogP contribution in [0.4, 0.5) is 0 Å². The molecule has 0 amide bonds. The summed E-state index contributed by atoms with van der Waals surface area (Å²) in [4.78, 5) is 22.7. The molecule has 1 heterocycles. The molecule has 0 aliphatic heterocycles. The van der Waals surface area contributed by atoms with Crippen LogP contribution in [0.1, 0.15) is 17.4 Å². The van der Waals surface area contributed by atoms with Crippen molar-refractivity contribution in [3.63, 3.8) is 0 Å². The van der Waals surface area contributed by atoms with Crippen LogP contribution in [0.25, 0.3) is 5.69 Å². The van der Waals surface area contributed by atoms with Crippen LogP contribution < -0.4 is 5.56 Å². The van der Waals surface area contributed by atoms with Gasteiger partial charge in [0, 0.05) is 18.0 Å². The second kappa shape index (κ2) is 3.98. The molecule has 1 aromatic carbocycles. The highest BCUT2D eigenvalue weighted by Gasteiger charge is 2.08. The van der Waals surface area contributed by atoms with E-state index in [9.17, 15) is 9.59 Å². The standard InChI is InChI=1S/C11H9ClN2O2/c1-7(15)10-6-11(16)14(13-10)9-4-2-3-8(12)5-9/h2-6,13H,1H3. The molecule has 0 radical (unpaired) electrons. The fourth-order valence-corrected chi connectivity index (χ4v) is 1.57. The molecule has 4 nitrogen and oxygen atoms in total. The Hall–Kier alpha value is -1.81. The van der Waals surface area contributed by atoms with E-state index in [0.29, 0.717) is 10.7 Å². The van der Waals surface area contributed by atoms with Crippen molar-refractivity contribution in [2.45, 2.75) is 6.92 Å². The molecule has 0 saturated carbocycles. The molecule has 0 spiro atoms. The van der Waals surface area contributed by atoms with Gasteiger partial charge in [0.05, 0.1) is 5.69 Å². The van der Waals surface area contributed by atoms with Gasteiger partial charge in [-0.15, -0.1) is 0 Å². The zero-order valence-corrected chi connectivity index (χ0v) is 9.28. The molecule has 2 rings (SSSR count). The average Bonchev–Trinajstić information content (AvgIpc) is 2.60. The van der Waals surface area contributed by atoms with Crippen molar-refractivity contribution in [2.24, 2.45) is 0 Å². The van der Waals surface area contributed by atoms with Gasteiger partial charge < -0.3 is 0 Å². The SMILES string of the molecule is CC(=O)c1cc(=O)n(-c2cccc(Cl)c2)[nH]1. The summed E-state index contributed by atoms with van der Waals surface area (Å²) in [5.41, 5.74) is 0.599. The lowest BCUT2D eigenvalue weighted by Crippen LogP contribution is -2.13. The summed E-state index contributed by atoms with van der Waals surface area (Å²) < 4.78 is 1.28. The lowest BCUT2D eigenvalue weighted by molar-refractivity contribution is 0.101. The highest BCUT2D eigenvalue weighted by atomic mass is 35.5. The number of carbonyl (C=O) groups is 1. The number of halogens is 1. The van der Waals surface area contributed by atoms with Crippen molar-refractivity contribution in [1.29, 1.82) is 0 Å². The highest BCUT2D eigenvalue weighted by molar-refractivity contribution is 6.30. The lowest BCUT2D eigenvalue weighted by Gasteiger charge is -2.01. The number of hydrogen-bond donors (Lipinski definition) is 1. The predicted molar refractivity (Wildman–Crippen MR) is 61.4 cm³/mol. The maximum atomic E-state index is 11.6. The van der Waals surface area contributed by atoms with E-state index < -0.39 is 0 Å². The van der Waals surface area contributed by atoms with Crippen LogP contribution in [0.15, 0.2) is 35.1 Å². The third-order valence-corrected chi connectivity index (χ3v) is 2.40. The maximum absolute atomic E-state index is 11.6. The van der Waals surface area contributed by atoms with Gasteiger partial charge in [-0.3, -0.25) is 14.7 Å². The van der Waals surface area contributed by atoms with Crippen LogP contribution in [-0.2, 0) is 0 Å². The minimum absolute atomic E-state index is 0.183. The number of aromatic nitrogens is 2. The Bertz CT molecular complexity index is 598. The van der Waals surface area contributed by atoms with Crippen LogP contribution in [0.2, 0.25) is 5.02 Å². The summed E-state index contributed by atoms with van der Waals surface area (Å²) in [5.74, 6) is -0.183. The van der Waals surface area contributed by atoms with Gasteiger partial charge in [0.2, 0.25) is 0 Å². The summed E-state index contributed by atoms with van der Waals surface area (Å²) >= 11 is 5.82. The molecule has 0 fully saturated rings. The first kappa shape index (κ1) is 10.7. The molecule has 0 bridgehead atoms. The predicted octanol–water partition coefficient (Wildman–Crippen LogP) is 2.02. The van der Waals surface area contributed by atoms with Crippen LogP contribution in [0.5, 0.6) is 0 Å². The van der Waals surface area contributed by atoms with Crippen molar-refractivity contribution in [2.75, 3.05) is 0 Å². The van der Waals surface area contributed by atoms with Crippen molar-refractivity contribution >= 4 is 17.4 Å². The minimum Gasteiger partial charge on any atom is -0.293 e. The van der Waals surface area contributed by atoms with Gasteiger partial charge in [0.1, 0.15) is 5.69 Å². The molecule has 0 atom stereocenters. The summed E-state index contributed by atoms with van der Waals surface area (Å²) in [5, 5.41) is 3.25. The van der Waals surface area contributed by atoms with Crippen molar-refractivity contribution < 1.29 is 4.79 Å². The molecule has 16 heavy (non-hydrogen) atoms. The number of Topliss-reactive ketones (excluding diaryl/α,β-unsaturated/α-hetero) is 1. The third-order valence-electron chi connectivity index (χ3n) is 2.17. The number of ketones is 1. The van der Waals surface area contributed by atoms with Crippen LogP contribution in [0.3, 0.4) is 0 Å². The van der Waals surface area contributed by atoms with Crippen LogP contribution >= 0.6 is 11.6 Å². The van der Waals surface area contributed by atoms with Gasteiger partial charge in [0.15, 0.2) is 5.78 Å². The van der Waals surface area contributed by atoms with E-state index in [1.54, 1.807) is 24.3 Å². The van der Waals surface area contributed by atoms with E-state index >= 15 is 0 Å². The second-order valence-electron chi connectivity index (χ2n) is 3.38. The number of aromatic amines is 1. The lowest BCUT2D eigenvalue weighted by atomic mass is 10.3. The van der Waals surface area contributed by atoms with E-state index in [0.717, 1.165) is 0 Å². The number of benzene rings is 1. The molecular formula is C11H9ClN2O2. The largest absolute Gasteiger partial charge is 0.293 e.